The molecule has 0 radical (unpaired) electrons. The lowest BCUT2D eigenvalue weighted by molar-refractivity contribution is 0.0335. The van der Waals surface area contributed by atoms with E-state index in [2.05, 4.69) is 10.1 Å². The van der Waals surface area contributed by atoms with E-state index in [-0.39, 0.29) is 0 Å². The summed E-state index contributed by atoms with van der Waals surface area (Å²) in [4.78, 5) is 10.2. The fourth-order valence-electron chi connectivity index (χ4n) is 1.06. The van der Waals surface area contributed by atoms with Crippen molar-refractivity contribution in [3.8, 4) is 0 Å². The van der Waals surface area contributed by atoms with E-state index in [0.717, 1.165) is 0 Å². The number of carbonyl (C=O) groups excluding carboxylic acids is 1. The number of carbonyl (C=O) groups is 1. The number of alkyl halides is 1. The SMILES string of the molecule is NC(=O)O[C@H]1CNCC[C@H]1F. The third-order valence-electron chi connectivity index (χ3n) is 1.61. The van der Waals surface area contributed by atoms with Crippen LogP contribution in [0.1, 0.15) is 6.42 Å². The van der Waals surface area contributed by atoms with Gasteiger partial charge in [0.05, 0.1) is 0 Å². The molecule has 11 heavy (non-hydrogen) atoms. The second-order valence-corrected chi connectivity index (χ2v) is 2.48. The molecule has 64 valence electrons. The van der Waals surface area contributed by atoms with Gasteiger partial charge < -0.3 is 15.8 Å². The van der Waals surface area contributed by atoms with E-state index in [9.17, 15) is 9.18 Å². The van der Waals surface area contributed by atoms with Crippen LogP contribution in [-0.2, 0) is 4.74 Å². The smallest absolute Gasteiger partial charge is 0.404 e. The van der Waals surface area contributed by atoms with Gasteiger partial charge in [-0.3, -0.25) is 0 Å². The summed E-state index contributed by atoms with van der Waals surface area (Å²) in [6.45, 7) is 0.976. The first-order valence-corrected chi connectivity index (χ1v) is 3.51. The molecular formula is C6H11FN2O2. The largest absolute Gasteiger partial charge is 0.442 e. The molecule has 1 saturated heterocycles. The van der Waals surface area contributed by atoms with Gasteiger partial charge in [0, 0.05) is 6.54 Å². The zero-order valence-corrected chi connectivity index (χ0v) is 6.05. The molecule has 0 aromatic heterocycles. The second-order valence-electron chi connectivity index (χ2n) is 2.48. The number of rotatable bonds is 1. The maximum atomic E-state index is 12.8. The number of primary amides is 1. The highest BCUT2D eigenvalue weighted by molar-refractivity contribution is 5.64. The van der Waals surface area contributed by atoms with Crippen LogP contribution < -0.4 is 11.1 Å². The lowest BCUT2D eigenvalue weighted by Gasteiger charge is -2.25. The molecule has 1 rings (SSSR count). The van der Waals surface area contributed by atoms with Crippen molar-refractivity contribution in [2.75, 3.05) is 13.1 Å². The van der Waals surface area contributed by atoms with E-state index in [1.54, 1.807) is 0 Å². The van der Waals surface area contributed by atoms with E-state index in [1.807, 2.05) is 0 Å². The predicted molar refractivity (Wildman–Crippen MR) is 36.8 cm³/mol. The van der Waals surface area contributed by atoms with E-state index in [0.29, 0.717) is 19.5 Å². The van der Waals surface area contributed by atoms with Crippen LogP contribution in [0.15, 0.2) is 0 Å². The van der Waals surface area contributed by atoms with Gasteiger partial charge in [0.15, 0.2) is 0 Å². The summed E-state index contributed by atoms with van der Waals surface area (Å²) in [7, 11) is 0. The summed E-state index contributed by atoms with van der Waals surface area (Å²) in [6, 6.07) is 0. The Hall–Kier alpha value is -0.840. The second kappa shape index (κ2) is 3.52. The van der Waals surface area contributed by atoms with Gasteiger partial charge in [-0.2, -0.15) is 0 Å². The normalized spacial score (nSPS) is 31.4. The van der Waals surface area contributed by atoms with Crippen LogP contribution in [0, 0.1) is 0 Å². The zero-order valence-electron chi connectivity index (χ0n) is 6.05. The number of nitrogens with one attached hydrogen (secondary N) is 1. The predicted octanol–water partition coefficient (Wildman–Crippen LogP) is -0.218. The number of halogens is 1. The molecule has 0 unspecified atom stereocenters. The lowest BCUT2D eigenvalue weighted by Crippen LogP contribution is -2.45. The molecule has 1 aliphatic heterocycles. The fourth-order valence-corrected chi connectivity index (χ4v) is 1.06. The lowest BCUT2D eigenvalue weighted by atomic mass is 10.1. The molecular weight excluding hydrogens is 151 g/mol. The first kappa shape index (κ1) is 8.26. The summed E-state index contributed by atoms with van der Waals surface area (Å²) in [5.41, 5.74) is 4.73. The van der Waals surface area contributed by atoms with Gasteiger partial charge in [-0.25, -0.2) is 9.18 Å². The molecule has 0 saturated carbocycles. The highest BCUT2D eigenvalue weighted by atomic mass is 19.1. The van der Waals surface area contributed by atoms with Crippen LogP contribution >= 0.6 is 0 Å². The standard InChI is InChI=1S/C6H11FN2O2/c7-4-1-2-9-3-5(4)11-6(8)10/h4-5,9H,1-3H2,(H2,8,10)/t4-,5+/m1/s1. The maximum Gasteiger partial charge on any atom is 0.404 e. The molecule has 1 heterocycles. The minimum atomic E-state index is -1.08. The molecule has 1 amide bonds. The number of piperidine rings is 1. The Labute approximate surface area is 63.9 Å². The molecule has 0 aromatic carbocycles. The van der Waals surface area contributed by atoms with E-state index in [1.165, 1.54) is 0 Å². The first-order valence-electron chi connectivity index (χ1n) is 3.51. The molecule has 1 fully saturated rings. The van der Waals surface area contributed by atoms with Crippen molar-refractivity contribution >= 4 is 6.09 Å². The summed E-state index contributed by atoms with van der Waals surface area (Å²) >= 11 is 0. The van der Waals surface area contributed by atoms with Crippen molar-refractivity contribution in [2.24, 2.45) is 5.73 Å². The highest BCUT2D eigenvalue weighted by Crippen LogP contribution is 2.10. The molecule has 4 nitrogen and oxygen atoms in total. The van der Waals surface area contributed by atoms with Crippen LogP contribution in [0.2, 0.25) is 0 Å². The van der Waals surface area contributed by atoms with Gasteiger partial charge in [0.1, 0.15) is 12.3 Å². The van der Waals surface area contributed by atoms with Crippen molar-refractivity contribution in [1.82, 2.24) is 5.32 Å². The van der Waals surface area contributed by atoms with Crippen molar-refractivity contribution < 1.29 is 13.9 Å². The first-order chi connectivity index (χ1) is 5.20. The van der Waals surface area contributed by atoms with Gasteiger partial charge in [0.25, 0.3) is 0 Å². The van der Waals surface area contributed by atoms with Crippen molar-refractivity contribution in [1.29, 1.82) is 0 Å². The van der Waals surface area contributed by atoms with Gasteiger partial charge >= 0.3 is 6.09 Å². The average molecular weight is 162 g/mol. The summed E-state index contributed by atoms with van der Waals surface area (Å²) < 4.78 is 17.3. The summed E-state index contributed by atoms with van der Waals surface area (Å²) in [6.07, 6.45) is -2.33. The molecule has 1 aliphatic rings. The zero-order chi connectivity index (χ0) is 8.27. The van der Waals surface area contributed by atoms with Crippen LogP contribution in [0.5, 0.6) is 0 Å². The molecule has 0 aromatic rings. The summed E-state index contributed by atoms with van der Waals surface area (Å²) in [5, 5.41) is 2.90. The number of hydrogen-bond acceptors (Lipinski definition) is 3. The van der Waals surface area contributed by atoms with Gasteiger partial charge in [-0.05, 0) is 13.0 Å². The minimum absolute atomic E-state index is 0.351. The van der Waals surface area contributed by atoms with Crippen molar-refractivity contribution in [2.45, 2.75) is 18.7 Å². The van der Waals surface area contributed by atoms with E-state index in [4.69, 9.17) is 5.73 Å². The molecule has 0 bridgehead atoms. The Bertz CT molecular complexity index is 154. The monoisotopic (exact) mass is 162 g/mol. The molecule has 0 aliphatic carbocycles. The quantitative estimate of drug-likeness (QED) is 0.560. The Morgan fingerprint density at radius 1 is 1.73 bits per heavy atom. The highest BCUT2D eigenvalue weighted by Gasteiger charge is 2.26. The van der Waals surface area contributed by atoms with E-state index < -0.39 is 18.4 Å². The van der Waals surface area contributed by atoms with E-state index >= 15 is 0 Å². The van der Waals surface area contributed by atoms with Crippen molar-refractivity contribution in [3.63, 3.8) is 0 Å². The Balaban J connectivity index is 2.35. The number of ether oxygens (including phenoxy) is 1. The van der Waals surface area contributed by atoms with Crippen LogP contribution in [0.3, 0.4) is 0 Å². The number of nitrogens with two attached hydrogens (primary N) is 1. The Kier molecular flexibility index (Phi) is 2.64. The Morgan fingerprint density at radius 3 is 3.00 bits per heavy atom. The third-order valence-corrected chi connectivity index (χ3v) is 1.61. The average Bonchev–Trinajstić information content (AvgIpc) is 1.93. The number of amides is 1. The van der Waals surface area contributed by atoms with Gasteiger partial charge in [-0.15, -0.1) is 0 Å². The maximum absolute atomic E-state index is 12.8. The van der Waals surface area contributed by atoms with Crippen molar-refractivity contribution in [3.05, 3.63) is 0 Å². The van der Waals surface area contributed by atoms with Gasteiger partial charge in [-0.1, -0.05) is 0 Å². The van der Waals surface area contributed by atoms with Gasteiger partial charge in [0.2, 0.25) is 0 Å². The third kappa shape index (κ3) is 2.34. The Morgan fingerprint density at radius 2 is 2.45 bits per heavy atom. The molecule has 0 spiro atoms. The van der Waals surface area contributed by atoms with Crippen LogP contribution in [0.4, 0.5) is 9.18 Å². The topological polar surface area (TPSA) is 64.4 Å². The molecule has 5 heteroatoms. The van der Waals surface area contributed by atoms with Crippen LogP contribution in [0.25, 0.3) is 0 Å². The number of hydrogen-bond donors (Lipinski definition) is 2. The fraction of sp³-hybridized carbons (Fsp3) is 0.833. The molecule has 3 N–H and O–H groups in total. The van der Waals surface area contributed by atoms with Crippen LogP contribution in [-0.4, -0.2) is 31.5 Å². The molecule has 2 atom stereocenters. The minimum Gasteiger partial charge on any atom is -0.442 e. The summed E-state index contributed by atoms with van der Waals surface area (Å²) in [5.74, 6) is 0.